The number of hydrogen-bond donors (Lipinski definition) is 1. The van der Waals surface area contributed by atoms with E-state index in [2.05, 4.69) is 0 Å². The van der Waals surface area contributed by atoms with Crippen molar-refractivity contribution in [3.63, 3.8) is 0 Å². The summed E-state index contributed by atoms with van der Waals surface area (Å²) in [7, 11) is 0. The fraction of sp³-hybridized carbons (Fsp3) is 0.556. The van der Waals surface area contributed by atoms with Gasteiger partial charge in [0.25, 0.3) is 5.92 Å². The highest BCUT2D eigenvalue weighted by molar-refractivity contribution is 5.84. The topological polar surface area (TPSA) is 57.6 Å². The van der Waals surface area contributed by atoms with Crippen molar-refractivity contribution in [1.82, 2.24) is 4.90 Å². The zero-order valence-corrected chi connectivity index (χ0v) is 13.4. The highest BCUT2D eigenvalue weighted by atomic mass is 19.3. The minimum atomic E-state index is -2.83. The van der Waals surface area contributed by atoms with Crippen molar-refractivity contribution in [2.45, 2.75) is 57.0 Å². The fourth-order valence-electron chi connectivity index (χ4n) is 3.75. The lowest BCUT2D eigenvalue weighted by atomic mass is 9.82. The first-order valence-corrected chi connectivity index (χ1v) is 8.35. The molecule has 0 bridgehead atoms. The van der Waals surface area contributed by atoms with Gasteiger partial charge in [0.1, 0.15) is 6.04 Å². The smallest absolute Gasteiger partial charge is 0.326 e. The molecule has 1 N–H and O–H groups in total. The summed E-state index contributed by atoms with van der Waals surface area (Å²) in [5.41, 5.74) is 1.79. The lowest BCUT2D eigenvalue weighted by Crippen LogP contribution is -2.50. The van der Waals surface area contributed by atoms with Crippen LogP contribution in [0.15, 0.2) is 24.3 Å². The van der Waals surface area contributed by atoms with E-state index in [1.54, 1.807) is 0 Å². The lowest BCUT2D eigenvalue weighted by molar-refractivity contribution is -0.154. The molecule has 1 saturated carbocycles. The number of carbonyl (C=O) groups excluding carboxylic acids is 1. The monoisotopic (exact) mass is 337 g/mol. The van der Waals surface area contributed by atoms with Crippen molar-refractivity contribution in [2.24, 2.45) is 5.92 Å². The maximum Gasteiger partial charge on any atom is 0.326 e. The molecule has 1 aromatic rings. The molecular formula is C18H21F2NO3. The number of carboxylic acid groups (broad SMARTS) is 1. The molecular weight excluding hydrogens is 316 g/mol. The molecule has 6 heteroatoms. The number of carboxylic acids is 1. The maximum atomic E-state index is 14.0. The van der Waals surface area contributed by atoms with Crippen LogP contribution in [-0.4, -0.2) is 33.8 Å². The van der Waals surface area contributed by atoms with Crippen LogP contribution in [0.2, 0.25) is 0 Å². The number of hydrogen-bond acceptors (Lipinski definition) is 2. The van der Waals surface area contributed by atoms with E-state index in [4.69, 9.17) is 0 Å². The van der Waals surface area contributed by atoms with Crippen LogP contribution in [0.1, 0.15) is 43.2 Å². The van der Waals surface area contributed by atoms with E-state index in [-0.39, 0.29) is 25.8 Å². The highest BCUT2D eigenvalue weighted by Crippen LogP contribution is 2.41. The van der Waals surface area contributed by atoms with Crippen molar-refractivity contribution in [3.8, 4) is 0 Å². The Balaban J connectivity index is 1.78. The third kappa shape index (κ3) is 3.28. The number of amides is 1. The van der Waals surface area contributed by atoms with E-state index < -0.39 is 29.8 Å². The van der Waals surface area contributed by atoms with Gasteiger partial charge in [0.05, 0.1) is 0 Å². The molecule has 1 aliphatic heterocycles. The number of carbonyl (C=O) groups is 2. The number of benzene rings is 1. The normalized spacial score (nSPS) is 25.8. The van der Waals surface area contributed by atoms with Crippen LogP contribution in [0.5, 0.6) is 0 Å². The molecule has 130 valence electrons. The number of halogens is 2. The molecule has 1 amide bonds. The van der Waals surface area contributed by atoms with Gasteiger partial charge in [-0.05, 0) is 24.0 Å². The minimum absolute atomic E-state index is 0.171. The Labute approximate surface area is 139 Å². The number of fused-ring (bicyclic) bond motifs is 1. The van der Waals surface area contributed by atoms with Gasteiger partial charge in [-0.3, -0.25) is 4.79 Å². The van der Waals surface area contributed by atoms with Crippen LogP contribution in [0.3, 0.4) is 0 Å². The summed E-state index contributed by atoms with van der Waals surface area (Å²) in [6.07, 6.45) is 1.25. The fourth-order valence-corrected chi connectivity index (χ4v) is 3.75. The summed E-state index contributed by atoms with van der Waals surface area (Å²) >= 11 is 0. The molecule has 0 saturated heterocycles. The summed E-state index contributed by atoms with van der Waals surface area (Å²) in [6, 6.07) is 6.38. The number of rotatable bonds is 3. The van der Waals surface area contributed by atoms with Crippen molar-refractivity contribution in [3.05, 3.63) is 35.4 Å². The van der Waals surface area contributed by atoms with Gasteiger partial charge < -0.3 is 10.0 Å². The van der Waals surface area contributed by atoms with E-state index in [0.717, 1.165) is 11.1 Å². The molecule has 24 heavy (non-hydrogen) atoms. The second kappa shape index (κ2) is 6.49. The van der Waals surface area contributed by atoms with Gasteiger partial charge in [-0.2, -0.15) is 0 Å². The third-order valence-electron chi connectivity index (χ3n) is 5.18. The summed E-state index contributed by atoms with van der Waals surface area (Å²) in [4.78, 5) is 25.4. The van der Waals surface area contributed by atoms with Gasteiger partial charge in [0, 0.05) is 31.7 Å². The lowest BCUT2D eigenvalue weighted by Gasteiger charge is -2.37. The second-order valence-corrected chi connectivity index (χ2v) is 6.76. The molecule has 1 fully saturated rings. The van der Waals surface area contributed by atoms with Crippen LogP contribution in [0.25, 0.3) is 0 Å². The zero-order chi connectivity index (χ0) is 17.3. The first-order chi connectivity index (χ1) is 11.4. The van der Waals surface area contributed by atoms with Crippen molar-refractivity contribution in [1.29, 1.82) is 0 Å². The number of aliphatic carboxylic acids is 1. The first kappa shape index (κ1) is 16.9. The van der Waals surface area contributed by atoms with E-state index in [1.807, 2.05) is 24.3 Å². The van der Waals surface area contributed by atoms with E-state index in [0.29, 0.717) is 19.3 Å². The molecule has 0 radical (unpaired) electrons. The quantitative estimate of drug-likeness (QED) is 0.921. The largest absolute Gasteiger partial charge is 0.480 e. The van der Waals surface area contributed by atoms with Gasteiger partial charge in [-0.15, -0.1) is 0 Å². The van der Waals surface area contributed by atoms with Gasteiger partial charge in [-0.1, -0.05) is 30.7 Å². The Morgan fingerprint density at radius 3 is 2.58 bits per heavy atom. The Kier molecular flexibility index (Phi) is 4.56. The molecule has 0 spiro atoms. The summed E-state index contributed by atoms with van der Waals surface area (Å²) in [5, 5.41) is 9.45. The Bertz CT molecular complexity index is 647. The van der Waals surface area contributed by atoms with Gasteiger partial charge >= 0.3 is 5.97 Å². The predicted molar refractivity (Wildman–Crippen MR) is 83.6 cm³/mol. The van der Waals surface area contributed by atoms with Crippen LogP contribution in [0, 0.1) is 5.92 Å². The Morgan fingerprint density at radius 1 is 1.21 bits per heavy atom. The SMILES string of the molecule is O=C(O)[C@@H]1Cc2ccccc2CN1C(=O)CC1CCCCC1(F)F. The molecule has 4 nitrogen and oxygen atoms in total. The molecule has 1 aliphatic carbocycles. The van der Waals surface area contributed by atoms with Crippen molar-refractivity contribution < 1.29 is 23.5 Å². The molecule has 3 rings (SSSR count). The molecule has 1 aromatic carbocycles. The van der Waals surface area contributed by atoms with Crippen LogP contribution in [0.4, 0.5) is 8.78 Å². The highest BCUT2D eigenvalue weighted by Gasteiger charge is 2.44. The Hall–Kier alpha value is -1.98. The molecule has 2 atom stereocenters. The molecule has 1 heterocycles. The average molecular weight is 337 g/mol. The van der Waals surface area contributed by atoms with E-state index in [1.165, 1.54) is 4.90 Å². The summed E-state index contributed by atoms with van der Waals surface area (Å²) in [6.45, 7) is 0.171. The standard InChI is InChI=1S/C18H21F2NO3/c19-18(20)8-4-3-7-14(18)10-16(22)21-11-13-6-2-1-5-12(13)9-15(21)17(23)24/h1-2,5-6,14-15H,3-4,7-11H2,(H,23,24)/t14?,15-/m0/s1. The molecule has 1 unspecified atom stereocenters. The van der Waals surface area contributed by atoms with E-state index in [9.17, 15) is 23.5 Å². The second-order valence-electron chi connectivity index (χ2n) is 6.76. The molecule has 0 aromatic heterocycles. The predicted octanol–water partition coefficient (Wildman–Crippen LogP) is 3.24. The number of nitrogens with zero attached hydrogens (tertiary/aromatic N) is 1. The van der Waals surface area contributed by atoms with Crippen LogP contribution in [-0.2, 0) is 22.6 Å². The van der Waals surface area contributed by atoms with Gasteiger partial charge in [0.2, 0.25) is 5.91 Å². The maximum absolute atomic E-state index is 14.0. The zero-order valence-electron chi connectivity index (χ0n) is 13.4. The van der Waals surface area contributed by atoms with Gasteiger partial charge in [0.15, 0.2) is 0 Å². The number of alkyl halides is 2. The van der Waals surface area contributed by atoms with Crippen LogP contribution < -0.4 is 0 Å². The summed E-state index contributed by atoms with van der Waals surface area (Å²) in [5.74, 6) is -5.39. The van der Waals surface area contributed by atoms with Crippen LogP contribution >= 0.6 is 0 Å². The van der Waals surface area contributed by atoms with Crippen molar-refractivity contribution in [2.75, 3.05) is 0 Å². The van der Waals surface area contributed by atoms with Gasteiger partial charge in [-0.25, -0.2) is 13.6 Å². The Morgan fingerprint density at radius 2 is 1.92 bits per heavy atom. The van der Waals surface area contributed by atoms with E-state index >= 15 is 0 Å². The molecule has 2 aliphatic rings. The average Bonchev–Trinajstić information content (AvgIpc) is 2.55. The summed E-state index contributed by atoms with van der Waals surface area (Å²) < 4.78 is 28.0. The minimum Gasteiger partial charge on any atom is -0.480 e. The first-order valence-electron chi connectivity index (χ1n) is 8.35. The van der Waals surface area contributed by atoms with Crippen molar-refractivity contribution >= 4 is 11.9 Å². The third-order valence-corrected chi connectivity index (χ3v) is 5.18.